The normalized spacial score (nSPS) is 15.6. The zero-order valence-electron chi connectivity index (χ0n) is 15.3. The number of benzene rings is 1. The number of fused-ring (bicyclic) bond motifs is 1. The quantitative estimate of drug-likeness (QED) is 0.646. The van der Waals surface area contributed by atoms with Gasteiger partial charge in [0.15, 0.2) is 0 Å². The average Bonchev–Trinajstić information content (AvgIpc) is 3.03. The second-order valence-electron chi connectivity index (χ2n) is 6.94. The van der Waals surface area contributed by atoms with Crippen LogP contribution < -0.4 is 5.56 Å². The van der Waals surface area contributed by atoms with Gasteiger partial charge < -0.3 is 9.47 Å². The number of halogens is 4. The molecular formula is C19H16ClF3N4O2. The number of aryl methyl sites for hydroxylation is 1. The Morgan fingerprint density at radius 1 is 1.28 bits per heavy atom. The number of alkyl halides is 2. The molecule has 3 heterocycles. The summed E-state index contributed by atoms with van der Waals surface area (Å²) in [5, 5.41) is 0.179. The number of nitrogens with zero attached hydrogens (tertiary/aromatic N) is 4. The lowest BCUT2D eigenvalue weighted by molar-refractivity contribution is -0.166. The van der Waals surface area contributed by atoms with Crippen LogP contribution in [0.2, 0.25) is 5.02 Å². The Morgan fingerprint density at radius 2 is 2.00 bits per heavy atom. The summed E-state index contributed by atoms with van der Waals surface area (Å²) in [4.78, 5) is 30.5. The average molecular weight is 425 g/mol. The van der Waals surface area contributed by atoms with Crippen LogP contribution in [0, 0.1) is 5.82 Å². The van der Waals surface area contributed by atoms with E-state index >= 15 is 0 Å². The Balaban J connectivity index is 1.77. The second kappa shape index (κ2) is 6.91. The lowest BCUT2D eigenvalue weighted by Crippen LogP contribution is -2.59. The van der Waals surface area contributed by atoms with Crippen molar-refractivity contribution in [3.05, 3.63) is 51.9 Å². The van der Waals surface area contributed by atoms with E-state index in [1.165, 1.54) is 18.5 Å². The third-order valence-electron chi connectivity index (χ3n) is 4.92. The molecule has 1 aliphatic rings. The minimum atomic E-state index is -2.88. The van der Waals surface area contributed by atoms with Gasteiger partial charge in [-0.3, -0.25) is 14.2 Å². The number of aromatic nitrogens is 3. The molecule has 0 radical (unpaired) electrons. The van der Waals surface area contributed by atoms with Gasteiger partial charge >= 0.3 is 0 Å². The lowest BCUT2D eigenvalue weighted by Gasteiger charge is -2.38. The van der Waals surface area contributed by atoms with Gasteiger partial charge in [0.25, 0.3) is 11.5 Å². The maximum absolute atomic E-state index is 14.0. The summed E-state index contributed by atoms with van der Waals surface area (Å²) in [6, 6.07) is 4.20. The standard InChI is InChI=1S/C19H16ClF3N4O2/c1-2-25-6-12(11-3-4-13(20)14(21)5-11)16-17(25)24-10-26(18(16)29)7-15(28)27-8-19(22,23)9-27/h3-6,10H,2,7-9H2,1H3. The van der Waals surface area contributed by atoms with Crippen molar-refractivity contribution in [1.29, 1.82) is 0 Å². The van der Waals surface area contributed by atoms with Crippen molar-refractivity contribution in [2.24, 2.45) is 0 Å². The molecule has 4 rings (SSSR count). The van der Waals surface area contributed by atoms with Gasteiger partial charge in [0, 0.05) is 18.3 Å². The predicted octanol–water partition coefficient (Wildman–Crippen LogP) is 3.15. The lowest BCUT2D eigenvalue weighted by atomic mass is 10.1. The zero-order chi connectivity index (χ0) is 20.9. The molecule has 152 valence electrons. The molecule has 1 saturated heterocycles. The summed E-state index contributed by atoms with van der Waals surface area (Å²) >= 11 is 5.75. The van der Waals surface area contributed by atoms with Gasteiger partial charge in [-0.05, 0) is 24.6 Å². The van der Waals surface area contributed by atoms with Gasteiger partial charge in [-0.15, -0.1) is 0 Å². The molecular weight excluding hydrogens is 409 g/mol. The molecule has 1 aromatic carbocycles. The molecule has 0 spiro atoms. The topological polar surface area (TPSA) is 60.1 Å². The number of carbonyl (C=O) groups is 1. The first-order valence-electron chi connectivity index (χ1n) is 8.89. The molecule has 0 unspecified atom stereocenters. The molecule has 2 aromatic heterocycles. The molecule has 0 aliphatic carbocycles. The largest absolute Gasteiger partial charge is 0.332 e. The minimum absolute atomic E-state index is 0.0412. The van der Waals surface area contributed by atoms with Crippen LogP contribution in [0.4, 0.5) is 13.2 Å². The van der Waals surface area contributed by atoms with E-state index in [4.69, 9.17) is 11.6 Å². The molecule has 10 heteroatoms. The Labute approximate surface area is 168 Å². The van der Waals surface area contributed by atoms with Crippen LogP contribution in [0.15, 0.2) is 35.5 Å². The van der Waals surface area contributed by atoms with Crippen LogP contribution in [-0.4, -0.2) is 43.9 Å². The SMILES string of the molecule is CCn1cc(-c2ccc(Cl)c(F)c2)c2c(=O)n(CC(=O)N3CC(F)(F)C3)cnc21. The summed E-state index contributed by atoms with van der Waals surface area (Å²) < 4.78 is 42.8. The van der Waals surface area contributed by atoms with Crippen LogP contribution in [-0.2, 0) is 17.9 Å². The monoisotopic (exact) mass is 424 g/mol. The van der Waals surface area contributed by atoms with Crippen molar-refractivity contribution < 1.29 is 18.0 Å². The molecule has 6 nitrogen and oxygen atoms in total. The Hall–Kier alpha value is -2.81. The second-order valence-corrected chi connectivity index (χ2v) is 7.35. The zero-order valence-corrected chi connectivity index (χ0v) is 16.1. The van der Waals surface area contributed by atoms with Crippen LogP contribution in [0.5, 0.6) is 0 Å². The van der Waals surface area contributed by atoms with Crippen LogP contribution in [0.25, 0.3) is 22.2 Å². The highest BCUT2D eigenvalue weighted by molar-refractivity contribution is 6.30. The number of amides is 1. The van der Waals surface area contributed by atoms with Crippen LogP contribution in [0.3, 0.4) is 0 Å². The van der Waals surface area contributed by atoms with E-state index in [-0.39, 0.29) is 10.4 Å². The summed E-state index contributed by atoms with van der Waals surface area (Å²) in [5.41, 5.74) is 0.775. The van der Waals surface area contributed by atoms with E-state index in [0.29, 0.717) is 23.3 Å². The highest BCUT2D eigenvalue weighted by Gasteiger charge is 2.46. The molecule has 29 heavy (non-hydrogen) atoms. The van der Waals surface area contributed by atoms with E-state index in [9.17, 15) is 22.8 Å². The first-order chi connectivity index (χ1) is 13.7. The smallest absolute Gasteiger partial charge is 0.282 e. The fraction of sp³-hybridized carbons (Fsp3) is 0.316. The highest BCUT2D eigenvalue weighted by atomic mass is 35.5. The van der Waals surface area contributed by atoms with Crippen molar-refractivity contribution in [3.63, 3.8) is 0 Å². The first-order valence-corrected chi connectivity index (χ1v) is 9.27. The van der Waals surface area contributed by atoms with Crippen molar-refractivity contribution >= 4 is 28.5 Å². The Morgan fingerprint density at radius 3 is 2.62 bits per heavy atom. The van der Waals surface area contributed by atoms with Crippen molar-refractivity contribution in [1.82, 2.24) is 19.0 Å². The summed E-state index contributed by atoms with van der Waals surface area (Å²) in [7, 11) is 0. The Bertz CT molecular complexity index is 1180. The van der Waals surface area contributed by atoms with E-state index in [2.05, 4.69) is 4.98 Å². The molecule has 1 amide bonds. The maximum Gasteiger partial charge on any atom is 0.282 e. The third-order valence-corrected chi connectivity index (χ3v) is 5.22. The minimum Gasteiger partial charge on any atom is -0.332 e. The summed E-state index contributed by atoms with van der Waals surface area (Å²) in [5.74, 6) is -4.10. The molecule has 0 N–H and O–H groups in total. The maximum atomic E-state index is 14.0. The van der Waals surface area contributed by atoms with E-state index < -0.39 is 42.8 Å². The Kier molecular flexibility index (Phi) is 4.65. The van der Waals surface area contributed by atoms with Gasteiger partial charge in [0.1, 0.15) is 24.3 Å². The van der Waals surface area contributed by atoms with Gasteiger partial charge in [-0.25, -0.2) is 18.2 Å². The molecule has 0 saturated carbocycles. The first kappa shape index (κ1) is 19.5. The molecule has 0 bridgehead atoms. The van der Waals surface area contributed by atoms with E-state index in [1.807, 2.05) is 6.92 Å². The number of rotatable bonds is 4. The predicted molar refractivity (Wildman–Crippen MR) is 102 cm³/mol. The fourth-order valence-corrected chi connectivity index (χ4v) is 3.50. The van der Waals surface area contributed by atoms with E-state index in [0.717, 1.165) is 9.47 Å². The molecule has 1 fully saturated rings. The number of hydrogen-bond donors (Lipinski definition) is 0. The molecule has 3 aromatic rings. The van der Waals surface area contributed by atoms with E-state index in [1.54, 1.807) is 16.8 Å². The molecule has 0 atom stereocenters. The number of likely N-dealkylation sites (tertiary alicyclic amines) is 1. The molecule has 1 aliphatic heterocycles. The van der Waals surface area contributed by atoms with Gasteiger partial charge in [0.2, 0.25) is 5.91 Å². The summed E-state index contributed by atoms with van der Waals surface area (Å²) in [6.07, 6.45) is 2.91. The van der Waals surface area contributed by atoms with Crippen LogP contribution in [0.1, 0.15) is 6.92 Å². The fourth-order valence-electron chi connectivity index (χ4n) is 3.39. The van der Waals surface area contributed by atoms with Crippen molar-refractivity contribution in [2.75, 3.05) is 13.1 Å². The third kappa shape index (κ3) is 3.39. The highest BCUT2D eigenvalue weighted by Crippen LogP contribution is 2.30. The van der Waals surface area contributed by atoms with Gasteiger partial charge in [0.05, 0.1) is 23.5 Å². The van der Waals surface area contributed by atoms with Crippen molar-refractivity contribution in [2.45, 2.75) is 25.9 Å². The van der Waals surface area contributed by atoms with Crippen LogP contribution >= 0.6 is 11.6 Å². The summed E-state index contributed by atoms with van der Waals surface area (Å²) in [6.45, 7) is 0.677. The van der Waals surface area contributed by atoms with Crippen molar-refractivity contribution in [3.8, 4) is 11.1 Å². The van der Waals surface area contributed by atoms with Gasteiger partial charge in [-0.1, -0.05) is 17.7 Å². The van der Waals surface area contributed by atoms with Gasteiger partial charge in [-0.2, -0.15) is 0 Å². The number of carbonyl (C=O) groups excluding carboxylic acids is 1. The number of hydrogen-bond acceptors (Lipinski definition) is 3.